The van der Waals surface area contributed by atoms with Gasteiger partial charge in [0.25, 0.3) is 6.33 Å². The number of pyridine rings is 1. The van der Waals surface area contributed by atoms with E-state index in [9.17, 15) is 2.74 Å². The van der Waals surface area contributed by atoms with Crippen molar-refractivity contribution < 1.29 is 34.0 Å². The molecule has 5 heteroatoms. The Morgan fingerprint density at radius 1 is 0.500 bits per heavy atom. The first-order valence-electron chi connectivity index (χ1n) is 34.8. The van der Waals surface area contributed by atoms with Crippen molar-refractivity contribution in [3.05, 3.63) is 247 Å². The molecule has 0 bridgehead atoms. The Hall–Kier alpha value is -8.80. The molecule has 0 unspecified atom stereocenters. The summed E-state index contributed by atoms with van der Waals surface area (Å²) in [5.74, 6) is 0.893. The number of nitrogens with zero attached hydrogens (tertiary/aromatic N) is 4. The lowest BCUT2D eigenvalue weighted by Gasteiger charge is -2.30. The molecule has 0 saturated heterocycles. The zero-order valence-electron chi connectivity index (χ0n) is 62.8. The van der Waals surface area contributed by atoms with Crippen LogP contribution in [0, 0.1) is 13.2 Å². The molecule has 0 radical (unpaired) electrons. The van der Waals surface area contributed by atoms with E-state index in [2.05, 4.69) is 66.1 Å². The van der Waals surface area contributed by atoms with E-state index in [1.807, 2.05) is 79.9 Å². The van der Waals surface area contributed by atoms with Crippen molar-refractivity contribution in [2.45, 2.75) is 85.4 Å². The van der Waals surface area contributed by atoms with Gasteiger partial charge in [-0.2, -0.15) is 0 Å². The number of aromatic nitrogens is 4. The van der Waals surface area contributed by atoms with Crippen LogP contribution in [0.3, 0.4) is 0 Å². The lowest BCUT2D eigenvalue weighted by atomic mass is 9.77. The highest BCUT2D eigenvalue weighted by Crippen LogP contribution is 2.43. The topological polar surface area (TPSA) is 35.9 Å². The maximum atomic E-state index is 9.26. The van der Waals surface area contributed by atoms with Crippen LogP contribution in [0.1, 0.15) is 109 Å². The average molecular weight is 1030 g/mol. The molecule has 3 aromatic heterocycles. The molecule has 0 atom stereocenters. The van der Waals surface area contributed by atoms with E-state index in [0.29, 0.717) is 61.6 Å². The zero-order valence-corrected chi connectivity index (χ0v) is 44.8. The summed E-state index contributed by atoms with van der Waals surface area (Å²) in [6, 6.07) is 29.6. The van der Waals surface area contributed by atoms with E-state index >= 15 is 0 Å². The standard InChI is InChI=1S/C73H66N4O/c1-48-37-69(74-46-63(48)51-27-18-13-19-28-51)77-65-32-21-20-31-60(65)61-35-34-59(45-67(61)77)78-58-30-22-29-57(44-58)75-47-76(66-36-33-52(42-68(66)75)49-23-14-11-15-24-49)70-62(54-38-55(71(2,3)4)43-56(39-54)72(5,6)7)40-53(41-64(70)73(8,9)10)50-25-16-12-17-26-50/h11-46H,1-10H3/i1D3,11D,12D,13D,14D,15D,16D,17D,18D,19D,23D,24D,25D,26D,27D,28D. The van der Waals surface area contributed by atoms with Crippen LogP contribution >= 0.6 is 0 Å². The lowest BCUT2D eigenvalue weighted by Crippen LogP contribution is -2.35. The second kappa shape index (κ2) is 19.3. The van der Waals surface area contributed by atoms with E-state index < -0.39 is 90.8 Å². The average Bonchev–Trinajstić information content (AvgIpc) is 1.41. The van der Waals surface area contributed by atoms with Crippen molar-refractivity contribution in [3.63, 3.8) is 0 Å². The fourth-order valence-electron chi connectivity index (χ4n) is 10.1. The summed E-state index contributed by atoms with van der Waals surface area (Å²) >= 11 is 0. The number of aryl methyl sites for hydroxylation is 1. The van der Waals surface area contributed by atoms with Gasteiger partial charge in [0, 0.05) is 32.7 Å². The molecule has 0 spiro atoms. The molecule has 0 N–H and O–H groups in total. The number of rotatable bonds is 9. The Kier molecular flexibility index (Phi) is 8.27. The SMILES string of the molecule is [2H]c1c([2H])c([2H])c(-c2cc(-c3cc(C(C)(C)C)cc(C(C)(C)C)c3)c(-[n+]3[c-]n(-c4cccc(Oc5ccc6c7ccccc7n(-c7cc(C([2H])([2H])[2H])c(-c8c([2H])c([2H])c([2H])c([2H])c8[2H])cn7)c6c5)c4)c4cc(-c5c([2H])c([2H])c([2H])c([2H])c5[2H])ccc43)c(C(C)(C)C)c2)c([2H])c1[2H]. The van der Waals surface area contributed by atoms with Crippen LogP contribution in [0.25, 0.3) is 94.5 Å². The third-order valence-electron chi connectivity index (χ3n) is 14.2. The molecule has 0 aliphatic rings. The van der Waals surface area contributed by atoms with Gasteiger partial charge in [-0.25, -0.2) is 4.98 Å². The first-order chi connectivity index (χ1) is 44.9. The van der Waals surface area contributed by atoms with E-state index in [4.69, 9.17) is 31.7 Å². The summed E-state index contributed by atoms with van der Waals surface area (Å²) in [6.45, 7) is 16.1. The molecule has 3 heterocycles. The Bertz CT molecular complexity index is 5160. The highest BCUT2D eigenvalue weighted by Gasteiger charge is 2.29. The summed E-state index contributed by atoms with van der Waals surface area (Å²) in [5.41, 5.74) is 6.25. The molecular weight excluding hydrogens is 949 g/mol. The molecule has 78 heavy (non-hydrogen) atoms. The van der Waals surface area contributed by atoms with Crippen molar-refractivity contribution in [1.82, 2.24) is 14.1 Å². The minimum atomic E-state index is -2.83. The molecular formula is C73H66N4O. The van der Waals surface area contributed by atoms with Crippen LogP contribution < -0.4 is 9.30 Å². The van der Waals surface area contributed by atoms with Gasteiger partial charge in [0.05, 0.1) is 54.0 Å². The number of benzene rings is 9. The third-order valence-corrected chi connectivity index (χ3v) is 14.2. The Morgan fingerprint density at radius 2 is 1.14 bits per heavy atom. The summed E-state index contributed by atoms with van der Waals surface area (Å²) in [6.07, 6.45) is 4.93. The lowest BCUT2D eigenvalue weighted by molar-refractivity contribution is -0.572. The minimum absolute atomic E-state index is 0.0188. The number of hydrogen-bond donors (Lipinski definition) is 0. The van der Waals surface area contributed by atoms with Crippen molar-refractivity contribution in [2.24, 2.45) is 0 Å². The Morgan fingerprint density at radius 3 is 1.81 bits per heavy atom. The predicted octanol–water partition coefficient (Wildman–Crippen LogP) is 18.9. The van der Waals surface area contributed by atoms with Gasteiger partial charge in [0.15, 0.2) is 0 Å². The van der Waals surface area contributed by atoms with Crippen molar-refractivity contribution in [3.8, 4) is 73.2 Å². The zero-order chi connectivity index (χ0) is 69.6. The van der Waals surface area contributed by atoms with Crippen LogP contribution in [0.5, 0.6) is 11.5 Å². The summed E-state index contributed by atoms with van der Waals surface area (Å²) in [5, 5.41) is 1.57. The highest BCUT2D eigenvalue weighted by atomic mass is 16.5. The summed E-state index contributed by atoms with van der Waals surface area (Å²) in [4.78, 5) is 4.74. The molecule has 5 nitrogen and oxygen atoms in total. The number of fused-ring (bicyclic) bond motifs is 4. The van der Waals surface area contributed by atoms with Gasteiger partial charge in [0.2, 0.25) is 0 Å². The van der Waals surface area contributed by atoms with Crippen LogP contribution in [0.4, 0.5) is 0 Å². The van der Waals surface area contributed by atoms with E-state index in [1.54, 1.807) is 51.6 Å². The summed E-state index contributed by atoms with van der Waals surface area (Å²) < 4.78 is 169. The van der Waals surface area contributed by atoms with Crippen molar-refractivity contribution in [1.29, 1.82) is 0 Å². The number of ether oxygens (including phenoxy) is 1. The Balaban J connectivity index is 1.09. The smallest absolute Gasteiger partial charge is 0.269 e. The van der Waals surface area contributed by atoms with Gasteiger partial charge >= 0.3 is 0 Å². The monoisotopic (exact) mass is 1030 g/mol. The molecule has 9 aromatic carbocycles. The highest BCUT2D eigenvalue weighted by molar-refractivity contribution is 6.09. The van der Waals surface area contributed by atoms with Crippen LogP contribution in [0.15, 0.2) is 218 Å². The molecule has 12 aromatic rings. The summed E-state index contributed by atoms with van der Waals surface area (Å²) in [7, 11) is 0. The molecule has 0 fully saturated rings. The third kappa shape index (κ3) is 9.38. The van der Waals surface area contributed by atoms with Gasteiger partial charge < -0.3 is 4.74 Å². The minimum Gasteiger partial charge on any atom is -0.458 e. The van der Waals surface area contributed by atoms with Gasteiger partial charge in [-0.15, -0.1) is 0 Å². The molecule has 0 amide bonds. The maximum absolute atomic E-state index is 9.26. The molecule has 384 valence electrons. The Labute approximate surface area is 485 Å². The first-order valence-corrected chi connectivity index (χ1v) is 25.8. The largest absolute Gasteiger partial charge is 0.458 e. The first kappa shape index (κ1) is 33.4. The number of para-hydroxylation sites is 1. The van der Waals surface area contributed by atoms with Gasteiger partial charge in [-0.1, -0.05) is 214 Å². The predicted molar refractivity (Wildman–Crippen MR) is 325 cm³/mol. The second-order valence-electron chi connectivity index (χ2n) is 22.7. The molecule has 0 aliphatic heterocycles. The van der Waals surface area contributed by atoms with E-state index in [1.165, 1.54) is 12.3 Å². The number of hydrogen-bond acceptors (Lipinski definition) is 2. The fourth-order valence-corrected chi connectivity index (χ4v) is 10.1. The van der Waals surface area contributed by atoms with Crippen molar-refractivity contribution in [2.75, 3.05) is 0 Å². The van der Waals surface area contributed by atoms with E-state index in [0.717, 1.165) is 33.0 Å². The van der Waals surface area contributed by atoms with Crippen molar-refractivity contribution >= 4 is 32.8 Å². The molecule has 12 rings (SSSR count). The van der Waals surface area contributed by atoms with Gasteiger partial charge in [-0.05, 0) is 139 Å². The fraction of sp³-hybridized carbons (Fsp3) is 0.178. The molecule has 0 aliphatic carbocycles. The van der Waals surface area contributed by atoms with Crippen LogP contribution in [-0.2, 0) is 16.2 Å². The normalized spacial score (nSPS) is 15.7. The van der Waals surface area contributed by atoms with Gasteiger partial charge in [-0.3, -0.25) is 13.7 Å². The number of imidazole rings is 1. The van der Waals surface area contributed by atoms with Crippen LogP contribution in [0.2, 0.25) is 0 Å². The quantitative estimate of drug-likeness (QED) is 0.107. The maximum Gasteiger partial charge on any atom is 0.269 e. The van der Waals surface area contributed by atoms with Gasteiger partial charge in [0.1, 0.15) is 17.3 Å². The van der Waals surface area contributed by atoms with Crippen LogP contribution in [-0.4, -0.2) is 14.1 Å². The van der Waals surface area contributed by atoms with E-state index in [-0.39, 0.29) is 56.5 Å². The second-order valence-corrected chi connectivity index (χ2v) is 22.7. The molecule has 0 saturated carbocycles.